The van der Waals surface area contributed by atoms with Crippen LogP contribution in [0.25, 0.3) is 0 Å². The number of ether oxygens (including phenoxy) is 2. The summed E-state index contributed by atoms with van der Waals surface area (Å²) < 4.78 is 10.1. The zero-order valence-electron chi connectivity index (χ0n) is 16.8. The van der Waals surface area contributed by atoms with Crippen molar-refractivity contribution in [3.05, 3.63) is 0 Å². The summed E-state index contributed by atoms with van der Waals surface area (Å²) in [6.07, 6.45) is 17.2. The van der Waals surface area contributed by atoms with E-state index >= 15 is 0 Å². The van der Waals surface area contributed by atoms with Crippen LogP contribution in [0.1, 0.15) is 103 Å². The summed E-state index contributed by atoms with van der Waals surface area (Å²) in [7, 11) is 0. The van der Waals surface area contributed by atoms with Crippen molar-refractivity contribution in [3.8, 4) is 0 Å². The average molecular weight is 375 g/mol. The number of hydrogen-bond acceptors (Lipinski definition) is 5. The number of carbonyl (C=O) groups excluding carboxylic acids is 1. The normalized spacial score (nSPS) is 10.8. The Morgan fingerprint density at radius 3 is 1.04 bits per heavy atom. The summed E-state index contributed by atoms with van der Waals surface area (Å²) in [6.45, 7) is 1.52. The van der Waals surface area contributed by atoms with Crippen LogP contribution in [0.2, 0.25) is 0 Å². The van der Waals surface area contributed by atoms with Gasteiger partial charge >= 0.3 is 6.16 Å². The van der Waals surface area contributed by atoms with Gasteiger partial charge in [-0.3, -0.25) is 0 Å². The van der Waals surface area contributed by atoms with Gasteiger partial charge in [0.05, 0.1) is 13.2 Å². The molecule has 0 amide bonds. The van der Waals surface area contributed by atoms with Crippen molar-refractivity contribution >= 4 is 6.16 Å². The van der Waals surface area contributed by atoms with Gasteiger partial charge in [-0.1, -0.05) is 77.0 Å². The van der Waals surface area contributed by atoms with Crippen LogP contribution in [0.5, 0.6) is 0 Å². The first-order valence-electron chi connectivity index (χ1n) is 10.8. The van der Waals surface area contributed by atoms with Crippen molar-refractivity contribution in [3.63, 3.8) is 0 Å². The lowest BCUT2D eigenvalue weighted by atomic mass is 10.1. The van der Waals surface area contributed by atoms with E-state index < -0.39 is 6.16 Å². The third kappa shape index (κ3) is 21.2. The van der Waals surface area contributed by atoms with Gasteiger partial charge in [-0.2, -0.15) is 0 Å². The van der Waals surface area contributed by atoms with Gasteiger partial charge in [0.1, 0.15) is 0 Å². The molecular weight excluding hydrogens is 332 g/mol. The second-order valence-corrected chi connectivity index (χ2v) is 7.05. The molecule has 0 atom stereocenters. The lowest BCUT2D eigenvalue weighted by Gasteiger charge is -2.06. The predicted molar refractivity (Wildman–Crippen MR) is 105 cm³/mol. The van der Waals surface area contributed by atoms with Crippen LogP contribution in [0.4, 0.5) is 4.79 Å². The van der Waals surface area contributed by atoms with E-state index in [0.29, 0.717) is 26.4 Å². The molecule has 5 nitrogen and oxygen atoms in total. The quantitative estimate of drug-likeness (QED) is 0.221. The number of carbonyl (C=O) groups is 1. The Morgan fingerprint density at radius 1 is 0.462 bits per heavy atom. The molecule has 0 saturated carbocycles. The first-order valence-corrected chi connectivity index (χ1v) is 10.8. The van der Waals surface area contributed by atoms with Crippen LogP contribution in [0.15, 0.2) is 0 Å². The molecule has 0 unspecified atom stereocenters. The van der Waals surface area contributed by atoms with Crippen LogP contribution in [-0.4, -0.2) is 42.8 Å². The van der Waals surface area contributed by atoms with Crippen molar-refractivity contribution in [2.45, 2.75) is 103 Å². The molecule has 0 aliphatic rings. The molecule has 2 N–H and O–H groups in total. The Labute approximate surface area is 160 Å². The van der Waals surface area contributed by atoms with Gasteiger partial charge in [-0.25, -0.2) is 4.79 Å². The first kappa shape index (κ1) is 25.2. The van der Waals surface area contributed by atoms with E-state index in [1.54, 1.807) is 0 Å². The second-order valence-electron chi connectivity index (χ2n) is 7.05. The second kappa shape index (κ2) is 22.2. The van der Waals surface area contributed by atoms with Gasteiger partial charge < -0.3 is 19.7 Å². The molecular formula is C21H42O5. The number of rotatable bonds is 20. The molecule has 0 aliphatic carbocycles. The Morgan fingerprint density at radius 2 is 0.731 bits per heavy atom. The molecule has 0 fully saturated rings. The van der Waals surface area contributed by atoms with E-state index in [1.807, 2.05) is 0 Å². The molecule has 0 aromatic carbocycles. The molecule has 0 aromatic rings. The maximum Gasteiger partial charge on any atom is 0.508 e. The minimum atomic E-state index is -0.530. The predicted octanol–water partition coefficient (Wildman–Crippen LogP) is 5.37. The summed E-state index contributed by atoms with van der Waals surface area (Å²) in [5.74, 6) is 0. The fourth-order valence-corrected chi connectivity index (χ4v) is 2.90. The smallest absolute Gasteiger partial charge is 0.434 e. The molecule has 0 bridgehead atoms. The Bertz CT molecular complexity index is 258. The lowest BCUT2D eigenvalue weighted by Crippen LogP contribution is -2.09. The highest BCUT2D eigenvalue weighted by atomic mass is 16.7. The van der Waals surface area contributed by atoms with Gasteiger partial charge in [0, 0.05) is 13.2 Å². The van der Waals surface area contributed by atoms with Crippen LogP contribution in [-0.2, 0) is 9.47 Å². The third-order valence-electron chi connectivity index (χ3n) is 4.54. The average Bonchev–Trinajstić information content (AvgIpc) is 2.64. The summed E-state index contributed by atoms with van der Waals surface area (Å²) in [5.41, 5.74) is 0. The van der Waals surface area contributed by atoms with Gasteiger partial charge in [-0.05, 0) is 25.7 Å². The number of aliphatic hydroxyl groups excluding tert-OH is 2. The Hall–Kier alpha value is -0.810. The van der Waals surface area contributed by atoms with Crippen LogP contribution < -0.4 is 0 Å². The lowest BCUT2D eigenvalue weighted by molar-refractivity contribution is 0.0529. The maximum atomic E-state index is 11.4. The molecule has 0 rings (SSSR count). The summed E-state index contributed by atoms with van der Waals surface area (Å²) in [5, 5.41) is 17.4. The Balaban J connectivity index is 3.13. The fraction of sp³-hybridized carbons (Fsp3) is 0.952. The molecule has 0 radical (unpaired) electrons. The van der Waals surface area contributed by atoms with E-state index in [4.69, 9.17) is 19.7 Å². The topological polar surface area (TPSA) is 76.0 Å². The molecule has 5 heteroatoms. The molecule has 156 valence electrons. The van der Waals surface area contributed by atoms with Gasteiger partial charge in [0.2, 0.25) is 0 Å². The van der Waals surface area contributed by atoms with Gasteiger partial charge in [0.25, 0.3) is 0 Å². The molecule has 0 heterocycles. The number of hydrogen-bond donors (Lipinski definition) is 2. The highest BCUT2D eigenvalue weighted by Crippen LogP contribution is 2.10. The van der Waals surface area contributed by atoms with Crippen LogP contribution >= 0.6 is 0 Å². The SMILES string of the molecule is O=C(OCCCCCCCCCCO)OCCCCCCCCCCO. The monoisotopic (exact) mass is 374 g/mol. The van der Waals surface area contributed by atoms with E-state index in [0.717, 1.165) is 51.4 Å². The summed E-state index contributed by atoms with van der Waals surface area (Å²) in [4.78, 5) is 11.4. The highest BCUT2D eigenvalue weighted by Gasteiger charge is 2.03. The molecule has 0 spiro atoms. The van der Waals surface area contributed by atoms with E-state index in [9.17, 15) is 4.79 Å². The summed E-state index contributed by atoms with van der Waals surface area (Å²) >= 11 is 0. The zero-order chi connectivity index (χ0) is 19.1. The minimum absolute atomic E-state index is 0.305. The van der Waals surface area contributed by atoms with Crippen LogP contribution in [0, 0.1) is 0 Å². The fourth-order valence-electron chi connectivity index (χ4n) is 2.90. The molecule has 0 saturated heterocycles. The number of aliphatic hydroxyl groups is 2. The highest BCUT2D eigenvalue weighted by molar-refractivity contribution is 5.59. The van der Waals surface area contributed by atoms with Crippen molar-refractivity contribution in [1.29, 1.82) is 0 Å². The van der Waals surface area contributed by atoms with Crippen molar-refractivity contribution in [2.75, 3.05) is 26.4 Å². The first-order chi connectivity index (χ1) is 12.8. The van der Waals surface area contributed by atoms with Gasteiger partial charge in [0.15, 0.2) is 0 Å². The number of unbranched alkanes of at least 4 members (excludes halogenated alkanes) is 14. The van der Waals surface area contributed by atoms with E-state index in [-0.39, 0.29) is 0 Å². The van der Waals surface area contributed by atoms with E-state index in [1.165, 1.54) is 51.4 Å². The molecule has 0 aliphatic heterocycles. The maximum absolute atomic E-state index is 11.4. The standard InChI is InChI=1S/C21H42O5/c22-17-13-9-5-1-3-7-11-15-19-25-21(24)26-20-16-12-8-4-2-6-10-14-18-23/h22-23H,1-20H2. The Kier molecular flexibility index (Phi) is 21.5. The molecule has 0 aromatic heterocycles. The van der Waals surface area contributed by atoms with Crippen molar-refractivity contribution < 1.29 is 24.5 Å². The van der Waals surface area contributed by atoms with Gasteiger partial charge in [-0.15, -0.1) is 0 Å². The zero-order valence-corrected chi connectivity index (χ0v) is 16.8. The largest absolute Gasteiger partial charge is 0.508 e. The molecule has 26 heavy (non-hydrogen) atoms. The summed E-state index contributed by atoms with van der Waals surface area (Å²) in [6, 6.07) is 0. The third-order valence-corrected chi connectivity index (χ3v) is 4.54. The van der Waals surface area contributed by atoms with E-state index in [2.05, 4.69) is 0 Å². The van der Waals surface area contributed by atoms with Crippen LogP contribution in [0.3, 0.4) is 0 Å². The van der Waals surface area contributed by atoms with Crippen molar-refractivity contribution in [1.82, 2.24) is 0 Å². The minimum Gasteiger partial charge on any atom is -0.434 e. The van der Waals surface area contributed by atoms with Crippen molar-refractivity contribution in [2.24, 2.45) is 0 Å².